The fourth-order valence-corrected chi connectivity index (χ4v) is 1.89. The predicted molar refractivity (Wildman–Crippen MR) is 61.7 cm³/mol. The van der Waals surface area contributed by atoms with Crippen molar-refractivity contribution in [3.8, 4) is 0 Å². The Balaban J connectivity index is 2.28. The maximum atomic E-state index is 11.8. The molecule has 98 valence electrons. The highest BCUT2D eigenvalue weighted by Crippen LogP contribution is 2.16. The third-order valence-electron chi connectivity index (χ3n) is 2.88. The molecule has 0 aromatic rings. The summed E-state index contributed by atoms with van der Waals surface area (Å²) in [6, 6.07) is 0. The first-order chi connectivity index (χ1) is 8.15. The van der Waals surface area contributed by atoms with Crippen LogP contribution in [0.25, 0.3) is 0 Å². The maximum Gasteiger partial charge on any atom is 0.308 e. The lowest BCUT2D eigenvalue weighted by Gasteiger charge is -2.30. The highest BCUT2D eigenvalue weighted by molar-refractivity contribution is 5.79. The molecule has 1 atom stereocenters. The summed E-state index contributed by atoms with van der Waals surface area (Å²) < 4.78 is 4.85. The molecule has 1 aliphatic heterocycles. The zero-order chi connectivity index (χ0) is 12.7. The summed E-state index contributed by atoms with van der Waals surface area (Å²) in [5.74, 6) is -1.26. The van der Waals surface area contributed by atoms with E-state index in [0.717, 1.165) is 6.42 Å². The Labute approximate surface area is 101 Å². The number of ether oxygens (including phenoxy) is 1. The first-order valence-electron chi connectivity index (χ1n) is 5.85. The van der Waals surface area contributed by atoms with E-state index in [-0.39, 0.29) is 12.5 Å². The van der Waals surface area contributed by atoms with E-state index >= 15 is 0 Å². The van der Waals surface area contributed by atoms with Gasteiger partial charge in [0.25, 0.3) is 0 Å². The molecule has 0 aliphatic carbocycles. The molecule has 6 heteroatoms. The van der Waals surface area contributed by atoms with E-state index in [9.17, 15) is 9.59 Å². The van der Waals surface area contributed by atoms with Crippen molar-refractivity contribution in [1.82, 2.24) is 10.2 Å². The number of nitrogens with zero attached hydrogens (tertiary/aromatic N) is 1. The van der Waals surface area contributed by atoms with Gasteiger partial charge in [0.15, 0.2) is 0 Å². The molecule has 1 saturated heterocycles. The number of hydrogen-bond donors (Lipinski definition) is 2. The molecule has 1 rings (SSSR count). The Bertz CT molecular complexity index is 270. The summed E-state index contributed by atoms with van der Waals surface area (Å²) in [6.07, 6.45) is 1.43. The van der Waals surface area contributed by atoms with Crippen LogP contribution in [0.3, 0.4) is 0 Å². The van der Waals surface area contributed by atoms with Gasteiger partial charge in [-0.05, 0) is 12.8 Å². The highest BCUT2D eigenvalue weighted by atomic mass is 16.5. The van der Waals surface area contributed by atoms with Gasteiger partial charge in [0.05, 0.1) is 19.1 Å². The number of nitrogens with one attached hydrogen (secondary N) is 1. The van der Waals surface area contributed by atoms with Gasteiger partial charge in [0.1, 0.15) is 0 Å². The smallest absolute Gasteiger partial charge is 0.308 e. The molecule has 1 heterocycles. The third kappa shape index (κ3) is 4.70. The second kappa shape index (κ2) is 7.24. The minimum absolute atomic E-state index is 0.0351. The van der Waals surface area contributed by atoms with Crippen molar-refractivity contribution in [1.29, 1.82) is 0 Å². The molecule has 0 radical (unpaired) electrons. The van der Waals surface area contributed by atoms with Gasteiger partial charge < -0.3 is 20.1 Å². The molecule has 0 aromatic heterocycles. The van der Waals surface area contributed by atoms with E-state index < -0.39 is 11.9 Å². The second-order valence-corrected chi connectivity index (χ2v) is 4.19. The van der Waals surface area contributed by atoms with E-state index in [0.29, 0.717) is 32.7 Å². The number of carbonyl (C=O) groups excluding carboxylic acids is 1. The van der Waals surface area contributed by atoms with Crippen LogP contribution >= 0.6 is 0 Å². The van der Waals surface area contributed by atoms with Gasteiger partial charge in [0.2, 0.25) is 5.91 Å². The quantitative estimate of drug-likeness (QED) is 0.618. The fourth-order valence-electron chi connectivity index (χ4n) is 1.89. The summed E-state index contributed by atoms with van der Waals surface area (Å²) >= 11 is 0. The molecule has 0 aromatic carbocycles. The number of methoxy groups -OCH3 is 1. The fraction of sp³-hybridized carbons (Fsp3) is 0.818. The van der Waals surface area contributed by atoms with Gasteiger partial charge in [-0.1, -0.05) is 0 Å². The number of piperidine rings is 1. The van der Waals surface area contributed by atoms with Crippen LogP contribution in [0.15, 0.2) is 0 Å². The van der Waals surface area contributed by atoms with E-state index in [4.69, 9.17) is 9.84 Å². The lowest BCUT2D eigenvalue weighted by Crippen LogP contribution is -2.46. The van der Waals surface area contributed by atoms with E-state index in [1.807, 2.05) is 0 Å². The molecule has 2 N–H and O–H groups in total. The second-order valence-electron chi connectivity index (χ2n) is 4.19. The monoisotopic (exact) mass is 244 g/mol. The topological polar surface area (TPSA) is 78.9 Å². The number of hydrogen-bond acceptors (Lipinski definition) is 4. The lowest BCUT2D eigenvalue weighted by molar-refractivity contribution is -0.145. The number of rotatable bonds is 6. The molecule has 1 aliphatic rings. The van der Waals surface area contributed by atoms with Crippen LogP contribution in [0.1, 0.15) is 12.8 Å². The van der Waals surface area contributed by atoms with Crippen molar-refractivity contribution in [2.45, 2.75) is 12.8 Å². The zero-order valence-electron chi connectivity index (χ0n) is 10.1. The molecule has 1 unspecified atom stereocenters. The van der Waals surface area contributed by atoms with Crippen LogP contribution in [0.5, 0.6) is 0 Å². The normalized spacial score (nSPS) is 20.3. The molecule has 0 saturated carbocycles. The van der Waals surface area contributed by atoms with Gasteiger partial charge in [-0.2, -0.15) is 0 Å². The Hall–Kier alpha value is -1.14. The predicted octanol–water partition coefficient (Wildman–Crippen LogP) is -0.454. The SMILES string of the molecule is COCCNCC(=O)N1CCCC(C(=O)O)C1. The van der Waals surface area contributed by atoms with E-state index in [1.54, 1.807) is 12.0 Å². The van der Waals surface area contributed by atoms with E-state index in [1.165, 1.54) is 0 Å². The number of aliphatic carboxylic acids is 1. The van der Waals surface area contributed by atoms with Crippen LogP contribution < -0.4 is 5.32 Å². The Morgan fingerprint density at radius 2 is 2.29 bits per heavy atom. The number of carbonyl (C=O) groups is 2. The van der Waals surface area contributed by atoms with Crippen molar-refractivity contribution >= 4 is 11.9 Å². The standard InChI is InChI=1S/C11H20N2O4/c1-17-6-4-12-7-10(14)13-5-2-3-9(8-13)11(15)16/h9,12H,2-8H2,1H3,(H,15,16). The van der Waals surface area contributed by atoms with Gasteiger partial charge in [0, 0.05) is 26.7 Å². The van der Waals surface area contributed by atoms with Crippen molar-refractivity contribution in [3.63, 3.8) is 0 Å². The van der Waals surface area contributed by atoms with Crippen molar-refractivity contribution in [3.05, 3.63) is 0 Å². The van der Waals surface area contributed by atoms with Crippen molar-refractivity contribution in [2.24, 2.45) is 5.92 Å². The van der Waals surface area contributed by atoms with Crippen LogP contribution in [0.2, 0.25) is 0 Å². The molecule has 1 fully saturated rings. The minimum atomic E-state index is -0.810. The summed E-state index contributed by atoms with van der Waals surface area (Å²) in [4.78, 5) is 24.2. The third-order valence-corrected chi connectivity index (χ3v) is 2.88. The first kappa shape index (κ1) is 13.9. The Morgan fingerprint density at radius 3 is 2.94 bits per heavy atom. The summed E-state index contributed by atoms with van der Waals surface area (Å²) in [7, 11) is 1.60. The summed E-state index contributed by atoms with van der Waals surface area (Å²) in [6.45, 7) is 2.42. The molecule has 1 amide bonds. The average molecular weight is 244 g/mol. The average Bonchev–Trinajstić information content (AvgIpc) is 2.34. The number of carboxylic acid groups (broad SMARTS) is 1. The van der Waals surface area contributed by atoms with Crippen LogP contribution in [-0.4, -0.2) is 61.8 Å². The number of amides is 1. The van der Waals surface area contributed by atoms with Gasteiger partial charge in [-0.25, -0.2) is 0 Å². The lowest BCUT2D eigenvalue weighted by atomic mass is 9.98. The first-order valence-corrected chi connectivity index (χ1v) is 5.85. The Kier molecular flexibility index (Phi) is 5.93. The Morgan fingerprint density at radius 1 is 1.53 bits per heavy atom. The summed E-state index contributed by atoms with van der Waals surface area (Å²) in [5, 5.41) is 11.9. The molecule has 0 bridgehead atoms. The largest absolute Gasteiger partial charge is 0.481 e. The van der Waals surface area contributed by atoms with Crippen molar-refractivity contribution in [2.75, 3.05) is 39.9 Å². The van der Waals surface area contributed by atoms with Gasteiger partial charge >= 0.3 is 5.97 Å². The summed E-state index contributed by atoms with van der Waals surface area (Å²) in [5.41, 5.74) is 0. The highest BCUT2D eigenvalue weighted by Gasteiger charge is 2.27. The molecule has 6 nitrogen and oxygen atoms in total. The van der Waals surface area contributed by atoms with Crippen LogP contribution in [0, 0.1) is 5.92 Å². The van der Waals surface area contributed by atoms with Crippen LogP contribution in [-0.2, 0) is 14.3 Å². The molecule has 0 spiro atoms. The molecular weight excluding hydrogens is 224 g/mol. The van der Waals surface area contributed by atoms with E-state index in [2.05, 4.69) is 5.32 Å². The zero-order valence-corrected chi connectivity index (χ0v) is 10.1. The van der Waals surface area contributed by atoms with Crippen LogP contribution in [0.4, 0.5) is 0 Å². The van der Waals surface area contributed by atoms with Gasteiger partial charge in [-0.15, -0.1) is 0 Å². The molecular formula is C11H20N2O4. The number of likely N-dealkylation sites (tertiary alicyclic amines) is 1. The molecule has 17 heavy (non-hydrogen) atoms. The van der Waals surface area contributed by atoms with Crippen molar-refractivity contribution < 1.29 is 19.4 Å². The number of carboxylic acids is 1. The van der Waals surface area contributed by atoms with Gasteiger partial charge in [-0.3, -0.25) is 9.59 Å². The minimum Gasteiger partial charge on any atom is -0.481 e. The maximum absolute atomic E-state index is 11.8.